The molecule has 1 unspecified atom stereocenters. The molecular formula is C16H25N. The molecule has 0 radical (unpaired) electrons. The highest BCUT2D eigenvalue weighted by molar-refractivity contribution is 5.37. The average molecular weight is 231 g/mol. The molecule has 0 fully saturated rings. The van der Waals surface area contributed by atoms with E-state index in [4.69, 9.17) is 0 Å². The second kappa shape index (κ2) is 5.22. The lowest BCUT2D eigenvalue weighted by Gasteiger charge is -2.28. The Hall–Kier alpha value is -0.820. The van der Waals surface area contributed by atoms with Gasteiger partial charge in [-0.2, -0.15) is 0 Å². The number of rotatable bonds is 5. The molecule has 2 rings (SSSR count). The van der Waals surface area contributed by atoms with E-state index in [0.29, 0.717) is 11.5 Å². The Balaban J connectivity index is 2.04. The topological polar surface area (TPSA) is 12.0 Å². The highest BCUT2D eigenvalue weighted by Crippen LogP contribution is 2.44. The third-order valence-electron chi connectivity index (χ3n) is 3.92. The van der Waals surface area contributed by atoms with Crippen LogP contribution in [0.3, 0.4) is 0 Å². The van der Waals surface area contributed by atoms with Gasteiger partial charge in [0.15, 0.2) is 0 Å². The number of hydrogen-bond acceptors (Lipinski definition) is 1. The van der Waals surface area contributed by atoms with Crippen LogP contribution in [0.2, 0.25) is 0 Å². The largest absolute Gasteiger partial charge is 0.309 e. The van der Waals surface area contributed by atoms with Gasteiger partial charge in [0, 0.05) is 6.04 Å². The van der Waals surface area contributed by atoms with Crippen molar-refractivity contribution in [1.82, 2.24) is 5.32 Å². The average Bonchev–Trinajstić information content (AvgIpc) is 2.55. The van der Waals surface area contributed by atoms with Gasteiger partial charge >= 0.3 is 0 Å². The van der Waals surface area contributed by atoms with Gasteiger partial charge < -0.3 is 5.32 Å². The Morgan fingerprint density at radius 1 is 1.24 bits per heavy atom. The lowest BCUT2D eigenvalue weighted by Crippen LogP contribution is -2.31. The summed E-state index contributed by atoms with van der Waals surface area (Å²) in [5.74, 6) is 0. The summed E-state index contributed by atoms with van der Waals surface area (Å²) >= 11 is 0. The molecule has 0 aromatic heterocycles. The summed E-state index contributed by atoms with van der Waals surface area (Å²) in [6.45, 7) is 8.17. The number of fused-ring (bicyclic) bond motifs is 1. The molecule has 1 N–H and O–H groups in total. The Morgan fingerprint density at radius 3 is 2.76 bits per heavy atom. The van der Waals surface area contributed by atoms with Gasteiger partial charge in [-0.1, -0.05) is 57.9 Å². The molecule has 0 bridgehead atoms. The molecule has 1 aromatic rings. The maximum atomic E-state index is 3.76. The lowest BCUT2D eigenvalue weighted by molar-refractivity contribution is 0.268. The van der Waals surface area contributed by atoms with E-state index >= 15 is 0 Å². The van der Waals surface area contributed by atoms with Crippen LogP contribution in [0.5, 0.6) is 0 Å². The first-order valence-electron chi connectivity index (χ1n) is 6.96. The van der Waals surface area contributed by atoms with Crippen molar-refractivity contribution in [2.45, 2.75) is 52.5 Å². The van der Waals surface area contributed by atoms with E-state index in [1.54, 1.807) is 0 Å². The molecule has 1 nitrogen and oxygen atoms in total. The first kappa shape index (κ1) is 12.6. The van der Waals surface area contributed by atoms with Gasteiger partial charge in [-0.25, -0.2) is 0 Å². The fourth-order valence-electron chi connectivity index (χ4n) is 3.00. The SMILES string of the molecule is CCCCCNC1c2ccccc2CC1(C)C. The van der Waals surface area contributed by atoms with Crippen molar-refractivity contribution in [2.75, 3.05) is 6.54 Å². The van der Waals surface area contributed by atoms with Crippen LogP contribution in [0.15, 0.2) is 24.3 Å². The first-order valence-corrected chi connectivity index (χ1v) is 6.96. The van der Waals surface area contributed by atoms with Crippen molar-refractivity contribution in [1.29, 1.82) is 0 Å². The van der Waals surface area contributed by atoms with Crippen molar-refractivity contribution in [3.8, 4) is 0 Å². The van der Waals surface area contributed by atoms with Crippen LogP contribution in [0.25, 0.3) is 0 Å². The van der Waals surface area contributed by atoms with E-state index in [1.165, 1.54) is 36.8 Å². The number of unbranched alkanes of at least 4 members (excludes halogenated alkanes) is 2. The summed E-state index contributed by atoms with van der Waals surface area (Å²) in [6.07, 6.45) is 5.13. The molecule has 1 aliphatic carbocycles. The molecular weight excluding hydrogens is 206 g/mol. The van der Waals surface area contributed by atoms with E-state index in [-0.39, 0.29) is 0 Å². The molecule has 1 heteroatoms. The van der Waals surface area contributed by atoms with Crippen molar-refractivity contribution in [3.05, 3.63) is 35.4 Å². The molecule has 17 heavy (non-hydrogen) atoms. The number of hydrogen-bond donors (Lipinski definition) is 1. The normalized spacial score (nSPS) is 21.5. The predicted molar refractivity (Wildman–Crippen MR) is 74.2 cm³/mol. The summed E-state index contributed by atoms with van der Waals surface area (Å²) < 4.78 is 0. The van der Waals surface area contributed by atoms with Crippen LogP contribution in [-0.2, 0) is 6.42 Å². The molecule has 0 aliphatic heterocycles. The zero-order valence-corrected chi connectivity index (χ0v) is 11.4. The monoisotopic (exact) mass is 231 g/mol. The van der Waals surface area contributed by atoms with Crippen LogP contribution in [0, 0.1) is 5.41 Å². The quantitative estimate of drug-likeness (QED) is 0.753. The highest BCUT2D eigenvalue weighted by Gasteiger charge is 2.37. The maximum Gasteiger partial charge on any atom is 0.0377 e. The molecule has 1 aromatic carbocycles. The van der Waals surface area contributed by atoms with Crippen LogP contribution in [0.1, 0.15) is 57.2 Å². The zero-order chi connectivity index (χ0) is 12.3. The minimum Gasteiger partial charge on any atom is -0.309 e. The third kappa shape index (κ3) is 2.71. The third-order valence-corrected chi connectivity index (χ3v) is 3.92. The summed E-state index contributed by atoms with van der Waals surface area (Å²) in [5, 5.41) is 3.76. The van der Waals surface area contributed by atoms with Crippen molar-refractivity contribution in [2.24, 2.45) is 5.41 Å². The standard InChI is InChI=1S/C16H25N/c1-4-5-8-11-17-15-14-10-7-6-9-13(14)12-16(15,2)3/h6-7,9-10,15,17H,4-5,8,11-12H2,1-3H3. The maximum absolute atomic E-state index is 3.76. The van der Waals surface area contributed by atoms with Gasteiger partial charge in [0.1, 0.15) is 0 Å². The van der Waals surface area contributed by atoms with E-state index in [0.717, 1.165) is 6.54 Å². The Kier molecular flexibility index (Phi) is 3.88. The second-order valence-electron chi connectivity index (χ2n) is 5.96. The Bertz CT molecular complexity index is 368. The number of nitrogens with one attached hydrogen (secondary N) is 1. The van der Waals surface area contributed by atoms with E-state index in [2.05, 4.69) is 50.4 Å². The molecule has 0 saturated heterocycles. The summed E-state index contributed by atoms with van der Waals surface area (Å²) in [6, 6.07) is 9.44. The highest BCUT2D eigenvalue weighted by atomic mass is 14.9. The van der Waals surface area contributed by atoms with Crippen LogP contribution in [0.4, 0.5) is 0 Å². The summed E-state index contributed by atoms with van der Waals surface area (Å²) in [4.78, 5) is 0. The zero-order valence-electron chi connectivity index (χ0n) is 11.4. The summed E-state index contributed by atoms with van der Waals surface area (Å²) in [7, 11) is 0. The van der Waals surface area contributed by atoms with Gasteiger partial charge in [0.05, 0.1) is 0 Å². The summed E-state index contributed by atoms with van der Waals surface area (Å²) in [5.41, 5.74) is 3.41. The second-order valence-corrected chi connectivity index (χ2v) is 5.96. The Morgan fingerprint density at radius 2 is 2.00 bits per heavy atom. The predicted octanol–water partition coefficient (Wildman–Crippen LogP) is 4.09. The molecule has 1 aliphatic rings. The van der Waals surface area contributed by atoms with Crippen molar-refractivity contribution in [3.63, 3.8) is 0 Å². The molecule has 0 amide bonds. The Labute approximate surface area is 106 Å². The molecule has 94 valence electrons. The van der Waals surface area contributed by atoms with Gasteiger partial charge in [-0.3, -0.25) is 0 Å². The minimum absolute atomic E-state index is 0.357. The number of benzene rings is 1. The fourth-order valence-corrected chi connectivity index (χ4v) is 3.00. The van der Waals surface area contributed by atoms with Gasteiger partial charge in [-0.15, -0.1) is 0 Å². The molecule has 0 heterocycles. The van der Waals surface area contributed by atoms with Gasteiger partial charge in [-0.05, 0) is 35.9 Å². The van der Waals surface area contributed by atoms with Gasteiger partial charge in [0.25, 0.3) is 0 Å². The van der Waals surface area contributed by atoms with Gasteiger partial charge in [0.2, 0.25) is 0 Å². The molecule has 0 spiro atoms. The van der Waals surface area contributed by atoms with Crippen molar-refractivity contribution >= 4 is 0 Å². The molecule has 0 saturated carbocycles. The fraction of sp³-hybridized carbons (Fsp3) is 0.625. The van der Waals surface area contributed by atoms with Crippen LogP contribution < -0.4 is 5.32 Å². The van der Waals surface area contributed by atoms with Crippen LogP contribution >= 0.6 is 0 Å². The minimum atomic E-state index is 0.357. The first-order chi connectivity index (χ1) is 8.15. The smallest absolute Gasteiger partial charge is 0.0377 e. The van der Waals surface area contributed by atoms with E-state index in [1.807, 2.05) is 0 Å². The van der Waals surface area contributed by atoms with Crippen LogP contribution in [-0.4, -0.2) is 6.54 Å². The van der Waals surface area contributed by atoms with Crippen molar-refractivity contribution < 1.29 is 0 Å². The molecule has 1 atom stereocenters. The lowest BCUT2D eigenvalue weighted by atomic mass is 9.85. The van der Waals surface area contributed by atoms with E-state index in [9.17, 15) is 0 Å². The van der Waals surface area contributed by atoms with E-state index < -0.39 is 0 Å².